The molecule has 102 valence electrons. The van der Waals surface area contributed by atoms with Crippen molar-refractivity contribution < 1.29 is 14.7 Å². The fraction of sp³-hybridized carbons (Fsp3) is 0.857. The number of β-amino-alcohol motifs (C(OH)–C–C–N with tert-alkyl or cyclic N) is 1. The molecule has 0 aromatic rings. The molecular weight excluding hydrogens is 230 g/mol. The van der Waals surface area contributed by atoms with Crippen LogP contribution in [0, 0.1) is 5.41 Å². The topological polar surface area (TPSA) is 57.6 Å². The lowest BCUT2D eigenvalue weighted by Crippen LogP contribution is -2.40. The number of imide groups is 1. The standard InChI is InChI=1S/C14H23NO3/c1-2-11(16)10-15-12(17)9-14(13(15)18)7-5-3-4-6-8-14/h11,16H,2-10H2,1H3. The summed E-state index contributed by atoms with van der Waals surface area (Å²) in [5.74, 6) is -0.115. The van der Waals surface area contributed by atoms with Gasteiger partial charge in [-0.25, -0.2) is 0 Å². The molecule has 2 fully saturated rings. The summed E-state index contributed by atoms with van der Waals surface area (Å²) < 4.78 is 0. The van der Waals surface area contributed by atoms with Gasteiger partial charge in [-0.15, -0.1) is 0 Å². The zero-order valence-corrected chi connectivity index (χ0v) is 11.2. The van der Waals surface area contributed by atoms with E-state index in [9.17, 15) is 14.7 Å². The SMILES string of the molecule is CCC(O)CN1C(=O)CC2(CCCCCC2)C1=O. The molecule has 2 amide bonds. The van der Waals surface area contributed by atoms with Crippen LogP contribution in [0.1, 0.15) is 58.3 Å². The summed E-state index contributed by atoms with van der Waals surface area (Å²) in [5.41, 5.74) is -0.430. The van der Waals surface area contributed by atoms with E-state index in [1.165, 1.54) is 17.7 Å². The minimum absolute atomic E-state index is 0.0260. The molecule has 1 aliphatic carbocycles. The Labute approximate surface area is 108 Å². The van der Waals surface area contributed by atoms with Gasteiger partial charge in [0.25, 0.3) is 0 Å². The third-order valence-corrected chi connectivity index (χ3v) is 4.41. The molecule has 1 unspecified atom stereocenters. The number of aliphatic hydroxyl groups excluding tert-OH is 1. The van der Waals surface area contributed by atoms with E-state index in [4.69, 9.17) is 0 Å². The Morgan fingerprint density at radius 2 is 1.83 bits per heavy atom. The largest absolute Gasteiger partial charge is 0.391 e. The molecule has 2 aliphatic rings. The molecule has 1 N–H and O–H groups in total. The molecule has 1 heterocycles. The summed E-state index contributed by atoms with van der Waals surface area (Å²) in [6.45, 7) is 2.03. The lowest BCUT2D eigenvalue weighted by atomic mass is 9.79. The van der Waals surface area contributed by atoms with E-state index in [1.807, 2.05) is 6.92 Å². The van der Waals surface area contributed by atoms with Gasteiger partial charge in [0, 0.05) is 6.42 Å². The monoisotopic (exact) mass is 253 g/mol. The fourth-order valence-corrected chi connectivity index (χ4v) is 3.18. The number of hydrogen-bond donors (Lipinski definition) is 1. The van der Waals surface area contributed by atoms with Gasteiger partial charge >= 0.3 is 0 Å². The minimum Gasteiger partial charge on any atom is -0.391 e. The van der Waals surface area contributed by atoms with Crippen LogP contribution in [-0.2, 0) is 9.59 Å². The molecule has 0 aromatic heterocycles. The number of carbonyl (C=O) groups is 2. The molecule has 0 bridgehead atoms. The maximum absolute atomic E-state index is 12.5. The van der Waals surface area contributed by atoms with Crippen molar-refractivity contribution in [3.8, 4) is 0 Å². The van der Waals surface area contributed by atoms with E-state index < -0.39 is 11.5 Å². The van der Waals surface area contributed by atoms with Crippen molar-refractivity contribution in [1.29, 1.82) is 0 Å². The molecule has 4 heteroatoms. The van der Waals surface area contributed by atoms with Crippen LogP contribution in [-0.4, -0.2) is 34.5 Å². The predicted molar refractivity (Wildman–Crippen MR) is 67.8 cm³/mol. The van der Waals surface area contributed by atoms with Gasteiger partial charge < -0.3 is 5.11 Å². The third-order valence-electron chi connectivity index (χ3n) is 4.41. The normalized spacial score (nSPS) is 25.6. The first-order valence-corrected chi connectivity index (χ1v) is 7.12. The van der Waals surface area contributed by atoms with Crippen LogP contribution in [0.3, 0.4) is 0 Å². The van der Waals surface area contributed by atoms with Gasteiger partial charge in [-0.05, 0) is 19.3 Å². The quantitative estimate of drug-likeness (QED) is 0.781. The van der Waals surface area contributed by atoms with Crippen molar-refractivity contribution in [2.75, 3.05) is 6.54 Å². The highest BCUT2D eigenvalue weighted by Crippen LogP contribution is 2.44. The van der Waals surface area contributed by atoms with Gasteiger partial charge in [0.15, 0.2) is 0 Å². The van der Waals surface area contributed by atoms with E-state index in [0.29, 0.717) is 12.8 Å². The highest BCUT2D eigenvalue weighted by atomic mass is 16.3. The van der Waals surface area contributed by atoms with Crippen molar-refractivity contribution in [1.82, 2.24) is 4.90 Å². The lowest BCUT2D eigenvalue weighted by molar-refractivity contribution is -0.143. The highest BCUT2D eigenvalue weighted by molar-refractivity contribution is 6.05. The van der Waals surface area contributed by atoms with Gasteiger partial charge in [0.2, 0.25) is 11.8 Å². The summed E-state index contributed by atoms with van der Waals surface area (Å²) in [4.78, 5) is 25.8. The van der Waals surface area contributed by atoms with Crippen LogP contribution < -0.4 is 0 Å². The third kappa shape index (κ3) is 2.44. The summed E-state index contributed by atoms with van der Waals surface area (Å²) in [6, 6.07) is 0. The Morgan fingerprint density at radius 3 is 2.39 bits per heavy atom. The molecule has 1 saturated heterocycles. The minimum atomic E-state index is -0.584. The molecule has 1 atom stereocenters. The highest BCUT2D eigenvalue weighted by Gasteiger charge is 2.50. The molecular formula is C14H23NO3. The van der Waals surface area contributed by atoms with E-state index in [1.54, 1.807) is 0 Å². The van der Waals surface area contributed by atoms with E-state index in [0.717, 1.165) is 25.7 Å². The first kappa shape index (κ1) is 13.5. The zero-order valence-electron chi connectivity index (χ0n) is 11.2. The number of carbonyl (C=O) groups excluding carboxylic acids is 2. The summed E-state index contributed by atoms with van der Waals surface area (Å²) >= 11 is 0. The second kappa shape index (κ2) is 5.39. The maximum atomic E-state index is 12.5. The van der Waals surface area contributed by atoms with Crippen LogP contribution in [0.4, 0.5) is 0 Å². The summed E-state index contributed by atoms with van der Waals surface area (Å²) in [7, 11) is 0. The second-order valence-corrected chi connectivity index (χ2v) is 5.74. The smallest absolute Gasteiger partial charge is 0.235 e. The van der Waals surface area contributed by atoms with Crippen LogP contribution in [0.5, 0.6) is 0 Å². The number of aliphatic hydroxyl groups is 1. The number of likely N-dealkylation sites (tertiary alicyclic amines) is 1. The second-order valence-electron chi connectivity index (χ2n) is 5.74. The van der Waals surface area contributed by atoms with Crippen LogP contribution in [0.2, 0.25) is 0 Å². The van der Waals surface area contributed by atoms with Crippen LogP contribution in [0.15, 0.2) is 0 Å². The van der Waals surface area contributed by atoms with Crippen LogP contribution >= 0.6 is 0 Å². The molecule has 0 radical (unpaired) electrons. The Hall–Kier alpha value is -0.900. The molecule has 1 saturated carbocycles. The number of amides is 2. The van der Waals surface area contributed by atoms with Crippen molar-refractivity contribution in [3.63, 3.8) is 0 Å². The molecule has 18 heavy (non-hydrogen) atoms. The first-order valence-electron chi connectivity index (χ1n) is 7.12. The Bertz CT molecular complexity index is 332. The maximum Gasteiger partial charge on any atom is 0.235 e. The molecule has 1 aliphatic heterocycles. The van der Waals surface area contributed by atoms with Gasteiger partial charge in [0.1, 0.15) is 0 Å². The molecule has 0 aromatic carbocycles. The summed E-state index contributed by atoms with van der Waals surface area (Å²) in [5, 5.41) is 9.65. The number of nitrogens with zero attached hydrogens (tertiary/aromatic N) is 1. The average Bonchev–Trinajstić information content (AvgIpc) is 2.55. The fourth-order valence-electron chi connectivity index (χ4n) is 3.18. The van der Waals surface area contributed by atoms with E-state index in [-0.39, 0.29) is 18.4 Å². The van der Waals surface area contributed by atoms with E-state index in [2.05, 4.69) is 0 Å². The Balaban J connectivity index is 2.11. The Morgan fingerprint density at radius 1 is 1.22 bits per heavy atom. The van der Waals surface area contributed by atoms with E-state index >= 15 is 0 Å². The average molecular weight is 253 g/mol. The van der Waals surface area contributed by atoms with Gasteiger partial charge in [0.05, 0.1) is 18.1 Å². The zero-order chi connectivity index (χ0) is 13.2. The number of hydrogen-bond acceptors (Lipinski definition) is 3. The molecule has 1 spiro atoms. The van der Waals surface area contributed by atoms with Crippen molar-refractivity contribution in [3.05, 3.63) is 0 Å². The van der Waals surface area contributed by atoms with Crippen molar-refractivity contribution in [2.24, 2.45) is 5.41 Å². The first-order chi connectivity index (χ1) is 8.59. The van der Waals surface area contributed by atoms with Gasteiger partial charge in [-0.3, -0.25) is 14.5 Å². The van der Waals surface area contributed by atoms with Gasteiger partial charge in [-0.2, -0.15) is 0 Å². The van der Waals surface area contributed by atoms with Crippen molar-refractivity contribution >= 4 is 11.8 Å². The lowest BCUT2D eigenvalue weighted by Gasteiger charge is -2.25. The van der Waals surface area contributed by atoms with Crippen LogP contribution in [0.25, 0.3) is 0 Å². The predicted octanol–water partition coefficient (Wildman–Crippen LogP) is 1.86. The Kier molecular flexibility index (Phi) is 4.05. The van der Waals surface area contributed by atoms with Crippen molar-refractivity contribution in [2.45, 2.75) is 64.4 Å². The summed E-state index contributed by atoms with van der Waals surface area (Å²) in [6.07, 6.45) is 6.46. The molecule has 2 rings (SSSR count). The molecule has 4 nitrogen and oxygen atoms in total. The number of rotatable bonds is 3. The van der Waals surface area contributed by atoms with Gasteiger partial charge in [-0.1, -0.05) is 32.6 Å².